The molecule has 0 atom stereocenters. The van der Waals surface area contributed by atoms with Crippen LogP contribution in [0.3, 0.4) is 0 Å². The van der Waals surface area contributed by atoms with Crippen molar-refractivity contribution in [2.24, 2.45) is 0 Å². The second-order valence-corrected chi connectivity index (χ2v) is 1.63. The van der Waals surface area contributed by atoms with E-state index in [0.717, 1.165) is 12.3 Å². The van der Waals surface area contributed by atoms with Crippen molar-refractivity contribution < 1.29 is 36.6 Å². The summed E-state index contributed by atoms with van der Waals surface area (Å²) in [6, 6.07) is 0. The Bertz CT molecular complexity index is 28.0. The number of hydrogen-bond donors (Lipinski definition) is 2. The van der Waals surface area contributed by atoms with E-state index in [9.17, 15) is 0 Å². The summed E-state index contributed by atoms with van der Waals surface area (Å²) in [6.07, 6.45) is 1.17. The molecule has 0 aromatic heterocycles. The third-order valence-corrected chi connectivity index (χ3v) is 0.901. The van der Waals surface area contributed by atoms with Crippen LogP contribution >= 0.6 is 12.6 Å². The van der Waals surface area contributed by atoms with E-state index < -0.39 is 0 Å². The average molecular weight is 361 g/mol. The molecule has 8 heavy (non-hydrogen) atoms. The number of rotatable bonds is 3. The van der Waals surface area contributed by atoms with Crippen molar-refractivity contribution in [1.82, 2.24) is 5.32 Å². The molecule has 3 N–H and O–H groups in total. The predicted octanol–water partition coefficient (Wildman–Crippen LogP) is -0.299. The molecular formula is C4H13NOSU. The minimum Gasteiger partial charge on any atom is -0.412 e. The summed E-state index contributed by atoms with van der Waals surface area (Å²) in [4.78, 5) is 0. The quantitative estimate of drug-likeness (QED) is 0.526. The van der Waals surface area contributed by atoms with E-state index in [2.05, 4.69) is 17.9 Å². The molecule has 0 unspecified atom stereocenters. The number of thiol groups is 1. The van der Waals surface area contributed by atoms with E-state index >= 15 is 0 Å². The van der Waals surface area contributed by atoms with Gasteiger partial charge in [-0.05, 0) is 25.8 Å². The molecule has 0 spiro atoms. The zero-order valence-electron chi connectivity index (χ0n) is 5.07. The van der Waals surface area contributed by atoms with Crippen LogP contribution in [0.1, 0.15) is 6.42 Å². The van der Waals surface area contributed by atoms with Crippen LogP contribution in [0.25, 0.3) is 0 Å². The molecule has 4 heteroatoms. The van der Waals surface area contributed by atoms with E-state index in [0.29, 0.717) is 0 Å². The fraction of sp³-hybridized carbons (Fsp3) is 1.00. The summed E-state index contributed by atoms with van der Waals surface area (Å²) in [6.45, 7) is 1.09. The Labute approximate surface area is 79.9 Å². The Hall–Kier alpha value is 1.32. The van der Waals surface area contributed by atoms with E-state index in [1.807, 2.05) is 7.05 Å². The molecule has 0 radical (unpaired) electrons. The van der Waals surface area contributed by atoms with Gasteiger partial charge in [-0.2, -0.15) is 12.6 Å². The molecule has 0 aromatic rings. The molecule has 0 aromatic carbocycles. The standard InChI is InChI=1S/C4H11NS.H2O.U/c1-5-3-2-4-6;;/h5-6H,2-4H2,1H3;1H2;. The van der Waals surface area contributed by atoms with Crippen LogP contribution in [0.2, 0.25) is 0 Å². The van der Waals surface area contributed by atoms with Crippen LogP contribution in [-0.4, -0.2) is 24.8 Å². The largest absolute Gasteiger partial charge is 0.412 e. The summed E-state index contributed by atoms with van der Waals surface area (Å²) in [5.41, 5.74) is 0. The molecule has 0 bridgehead atoms. The summed E-state index contributed by atoms with van der Waals surface area (Å²) < 4.78 is 0. The number of nitrogens with one attached hydrogen (secondary N) is 1. The van der Waals surface area contributed by atoms with Gasteiger partial charge in [-0.3, -0.25) is 0 Å². The van der Waals surface area contributed by atoms with Crippen LogP contribution in [0, 0.1) is 31.1 Å². The minimum atomic E-state index is 0. The number of hydrogen-bond acceptors (Lipinski definition) is 2. The SMILES string of the molecule is CNCCCS.O.[U]. The Morgan fingerprint density at radius 1 is 1.50 bits per heavy atom. The van der Waals surface area contributed by atoms with Crippen LogP contribution < -0.4 is 5.32 Å². The van der Waals surface area contributed by atoms with E-state index in [4.69, 9.17) is 0 Å². The molecule has 0 saturated carbocycles. The van der Waals surface area contributed by atoms with Gasteiger partial charge in [-0.1, -0.05) is 0 Å². The summed E-state index contributed by atoms with van der Waals surface area (Å²) in [5, 5.41) is 3.02. The van der Waals surface area contributed by atoms with E-state index in [-0.39, 0.29) is 36.6 Å². The molecular weight excluding hydrogens is 348 g/mol. The molecule has 0 fully saturated rings. The Balaban J connectivity index is -0.000000125. The second kappa shape index (κ2) is 15.8. The van der Waals surface area contributed by atoms with Crippen molar-refractivity contribution in [3.63, 3.8) is 0 Å². The normalized spacial score (nSPS) is 6.75. The smallest absolute Gasteiger partial charge is 0 e. The molecule has 0 aliphatic carbocycles. The molecule has 0 aliphatic heterocycles. The van der Waals surface area contributed by atoms with Crippen molar-refractivity contribution in [2.45, 2.75) is 6.42 Å². The van der Waals surface area contributed by atoms with Crippen molar-refractivity contribution in [3.05, 3.63) is 0 Å². The molecule has 0 rings (SSSR count). The Morgan fingerprint density at radius 3 is 2.12 bits per heavy atom. The first kappa shape index (κ1) is 16.2. The van der Waals surface area contributed by atoms with Gasteiger partial charge in [-0.15, -0.1) is 0 Å². The van der Waals surface area contributed by atoms with Crippen LogP contribution in [0.5, 0.6) is 0 Å². The second-order valence-electron chi connectivity index (χ2n) is 1.18. The average Bonchev–Trinajstić information content (AvgIpc) is 1.61. The molecule has 2 nitrogen and oxygen atoms in total. The summed E-state index contributed by atoms with van der Waals surface area (Å²) in [5.74, 6) is 0.987. The van der Waals surface area contributed by atoms with Gasteiger partial charge < -0.3 is 10.8 Å². The zero-order valence-corrected chi connectivity index (χ0v) is 10.1. The topological polar surface area (TPSA) is 43.5 Å². The van der Waals surface area contributed by atoms with Crippen LogP contribution in [-0.2, 0) is 0 Å². The van der Waals surface area contributed by atoms with Crippen molar-refractivity contribution in [3.8, 4) is 0 Å². The van der Waals surface area contributed by atoms with Gasteiger partial charge in [0.2, 0.25) is 0 Å². The van der Waals surface area contributed by atoms with E-state index in [1.165, 1.54) is 6.42 Å². The van der Waals surface area contributed by atoms with Gasteiger partial charge >= 0.3 is 0 Å². The minimum absolute atomic E-state index is 0. The van der Waals surface area contributed by atoms with Crippen molar-refractivity contribution >= 4 is 12.6 Å². The monoisotopic (exact) mass is 361 g/mol. The first-order valence-electron chi connectivity index (χ1n) is 2.17. The van der Waals surface area contributed by atoms with Crippen LogP contribution in [0.4, 0.5) is 0 Å². The maximum Gasteiger partial charge on any atom is 0 e. The Kier molecular flexibility index (Phi) is 31.8. The van der Waals surface area contributed by atoms with Crippen molar-refractivity contribution in [2.75, 3.05) is 19.3 Å². The first-order valence-corrected chi connectivity index (χ1v) is 2.80. The fourth-order valence-electron chi connectivity index (χ4n) is 0.256. The first-order chi connectivity index (χ1) is 2.91. The van der Waals surface area contributed by atoms with Crippen LogP contribution in [0.15, 0.2) is 0 Å². The Morgan fingerprint density at radius 2 is 2.00 bits per heavy atom. The fourth-order valence-corrected chi connectivity index (χ4v) is 0.414. The third kappa shape index (κ3) is 15.7. The van der Waals surface area contributed by atoms with Gasteiger partial charge in [-0.25, -0.2) is 0 Å². The maximum absolute atomic E-state index is 4.01. The molecule has 0 amide bonds. The third-order valence-electron chi connectivity index (χ3n) is 0.585. The van der Waals surface area contributed by atoms with Gasteiger partial charge in [0.15, 0.2) is 0 Å². The maximum atomic E-state index is 4.01. The summed E-state index contributed by atoms with van der Waals surface area (Å²) >= 11 is 4.01. The molecule has 0 aliphatic rings. The zero-order chi connectivity index (χ0) is 4.83. The van der Waals surface area contributed by atoms with E-state index in [1.54, 1.807) is 0 Å². The van der Waals surface area contributed by atoms with Gasteiger partial charge in [0.25, 0.3) is 0 Å². The summed E-state index contributed by atoms with van der Waals surface area (Å²) in [7, 11) is 1.95. The van der Waals surface area contributed by atoms with Gasteiger partial charge in [0.1, 0.15) is 0 Å². The molecule has 0 saturated heterocycles. The molecule has 50 valence electrons. The predicted molar refractivity (Wildman–Crippen MR) is 36.0 cm³/mol. The van der Waals surface area contributed by atoms with Crippen molar-refractivity contribution in [1.29, 1.82) is 0 Å². The molecule has 0 heterocycles. The van der Waals surface area contributed by atoms with Gasteiger partial charge in [0.05, 0.1) is 0 Å². The van der Waals surface area contributed by atoms with Gasteiger partial charge in [0, 0.05) is 31.1 Å².